The van der Waals surface area contributed by atoms with Crippen LogP contribution < -0.4 is 15.0 Å². The number of fused-ring (bicyclic) bond motifs is 3. The molecule has 0 radical (unpaired) electrons. The first-order valence-corrected chi connectivity index (χ1v) is 7.73. The molecule has 0 spiro atoms. The maximum Gasteiger partial charge on any atom is 0.205 e. The van der Waals surface area contributed by atoms with Gasteiger partial charge in [-0.25, -0.2) is 4.57 Å². The van der Waals surface area contributed by atoms with Crippen molar-refractivity contribution in [3.8, 4) is 11.8 Å². The van der Waals surface area contributed by atoms with Crippen molar-refractivity contribution in [2.24, 2.45) is 12.8 Å². The predicted octanol–water partition coefficient (Wildman–Crippen LogP) is 2.88. The number of aryl methyl sites for hydroxylation is 1. The molecule has 4 rings (SSSR count). The largest absolute Gasteiger partial charge is 0.440 e. The first-order valence-electron chi connectivity index (χ1n) is 7.73. The lowest BCUT2D eigenvalue weighted by Crippen LogP contribution is -2.29. The Labute approximate surface area is 140 Å². The van der Waals surface area contributed by atoms with E-state index in [0.717, 1.165) is 27.6 Å². The van der Waals surface area contributed by atoms with Gasteiger partial charge in [0.2, 0.25) is 5.88 Å². The maximum absolute atomic E-state index is 9.63. The number of benzene rings is 2. The molecule has 2 N–H and O–H groups in total. The Morgan fingerprint density at radius 1 is 1.12 bits per heavy atom. The number of pyridine rings is 1. The van der Waals surface area contributed by atoms with Gasteiger partial charge in [-0.1, -0.05) is 36.4 Å². The van der Waals surface area contributed by atoms with E-state index in [2.05, 4.69) is 12.1 Å². The van der Waals surface area contributed by atoms with E-state index in [1.807, 2.05) is 66.5 Å². The molecular weight excluding hydrogens is 298 g/mol. The monoisotopic (exact) mass is 314 g/mol. The number of aromatic nitrogens is 1. The number of allylic oxidation sites excluding steroid dienone is 1. The Hall–Kier alpha value is -3.32. The molecule has 24 heavy (non-hydrogen) atoms. The lowest BCUT2D eigenvalue weighted by molar-refractivity contribution is -0.671. The van der Waals surface area contributed by atoms with E-state index in [0.29, 0.717) is 5.57 Å². The highest BCUT2D eigenvalue weighted by atomic mass is 16.5. The van der Waals surface area contributed by atoms with Crippen LogP contribution in [0.2, 0.25) is 0 Å². The van der Waals surface area contributed by atoms with Crippen molar-refractivity contribution >= 4 is 10.8 Å². The second kappa shape index (κ2) is 5.39. The molecule has 0 fully saturated rings. The third-order valence-electron chi connectivity index (χ3n) is 4.40. The quantitative estimate of drug-likeness (QED) is 0.703. The minimum Gasteiger partial charge on any atom is -0.440 e. The summed E-state index contributed by atoms with van der Waals surface area (Å²) >= 11 is 0. The lowest BCUT2D eigenvalue weighted by Gasteiger charge is -2.26. The van der Waals surface area contributed by atoms with Gasteiger partial charge >= 0.3 is 0 Å². The Morgan fingerprint density at radius 3 is 2.75 bits per heavy atom. The van der Waals surface area contributed by atoms with Gasteiger partial charge in [0.1, 0.15) is 24.4 Å². The summed E-state index contributed by atoms with van der Waals surface area (Å²) in [7, 11) is 1.96. The highest BCUT2D eigenvalue weighted by Gasteiger charge is 2.32. The van der Waals surface area contributed by atoms with E-state index >= 15 is 0 Å². The van der Waals surface area contributed by atoms with Crippen LogP contribution in [0.15, 0.2) is 72.4 Å². The highest BCUT2D eigenvalue weighted by Crippen LogP contribution is 2.44. The van der Waals surface area contributed by atoms with Crippen LogP contribution >= 0.6 is 0 Å². The van der Waals surface area contributed by atoms with Gasteiger partial charge in [0.15, 0.2) is 12.4 Å². The van der Waals surface area contributed by atoms with Crippen molar-refractivity contribution in [3.63, 3.8) is 0 Å². The molecule has 1 aliphatic rings. The van der Waals surface area contributed by atoms with Crippen molar-refractivity contribution in [1.29, 1.82) is 5.26 Å². The fraction of sp³-hybridized carbons (Fsp3) is 0.100. The van der Waals surface area contributed by atoms with E-state index < -0.39 is 0 Å². The van der Waals surface area contributed by atoms with Crippen LogP contribution in [0.3, 0.4) is 0 Å². The van der Waals surface area contributed by atoms with Gasteiger partial charge in [-0.2, -0.15) is 5.26 Å². The average molecular weight is 314 g/mol. The van der Waals surface area contributed by atoms with Crippen molar-refractivity contribution in [3.05, 3.63) is 83.5 Å². The Kier molecular flexibility index (Phi) is 3.21. The van der Waals surface area contributed by atoms with Gasteiger partial charge in [0.25, 0.3) is 0 Å². The molecule has 0 bridgehead atoms. The molecule has 2 aromatic carbocycles. The van der Waals surface area contributed by atoms with Crippen LogP contribution in [-0.4, -0.2) is 0 Å². The summed E-state index contributed by atoms with van der Waals surface area (Å²) < 4.78 is 7.83. The van der Waals surface area contributed by atoms with Crippen LogP contribution in [0.1, 0.15) is 17.0 Å². The summed E-state index contributed by atoms with van der Waals surface area (Å²) in [6.07, 6.45) is 3.98. The van der Waals surface area contributed by atoms with Crippen LogP contribution in [0, 0.1) is 11.3 Å². The number of nitriles is 1. The van der Waals surface area contributed by atoms with E-state index in [9.17, 15) is 5.26 Å². The van der Waals surface area contributed by atoms with Crippen LogP contribution in [0.4, 0.5) is 0 Å². The normalized spacial score (nSPS) is 16.4. The molecular formula is C20H16N3O+. The number of rotatable bonds is 1. The van der Waals surface area contributed by atoms with Gasteiger partial charge in [0.05, 0.1) is 5.92 Å². The fourth-order valence-electron chi connectivity index (χ4n) is 3.31. The first-order chi connectivity index (χ1) is 11.7. The highest BCUT2D eigenvalue weighted by molar-refractivity contribution is 5.90. The summed E-state index contributed by atoms with van der Waals surface area (Å²) in [5.41, 5.74) is 8.51. The maximum atomic E-state index is 9.63. The number of nitrogens with two attached hydrogens (primary N) is 1. The third-order valence-corrected chi connectivity index (χ3v) is 4.40. The van der Waals surface area contributed by atoms with Crippen LogP contribution in [0.25, 0.3) is 10.8 Å². The molecule has 0 aliphatic carbocycles. The Bertz CT molecular complexity index is 1030. The third kappa shape index (κ3) is 2.10. The summed E-state index contributed by atoms with van der Waals surface area (Å²) in [5.74, 6) is 0.690. The molecule has 2 heterocycles. The van der Waals surface area contributed by atoms with E-state index in [-0.39, 0.29) is 11.8 Å². The van der Waals surface area contributed by atoms with Gasteiger partial charge in [0, 0.05) is 22.6 Å². The predicted molar refractivity (Wildman–Crippen MR) is 90.9 cm³/mol. The Morgan fingerprint density at radius 2 is 1.96 bits per heavy atom. The number of nitrogens with zero attached hydrogens (tertiary/aromatic N) is 2. The molecule has 4 nitrogen and oxygen atoms in total. The van der Waals surface area contributed by atoms with Crippen LogP contribution in [-0.2, 0) is 7.05 Å². The van der Waals surface area contributed by atoms with Gasteiger partial charge < -0.3 is 10.5 Å². The summed E-state index contributed by atoms with van der Waals surface area (Å²) in [5, 5.41) is 11.7. The number of hydrogen-bond acceptors (Lipinski definition) is 3. The van der Waals surface area contributed by atoms with Crippen molar-refractivity contribution in [2.75, 3.05) is 0 Å². The second-order valence-corrected chi connectivity index (χ2v) is 5.93. The van der Waals surface area contributed by atoms with Gasteiger partial charge in [-0.3, -0.25) is 0 Å². The minimum absolute atomic E-state index is 0.179. The molecule has 116 valence electrons. The summed E-state index contributed by atoms with van der Waals surface area (Å²) in [4.78, 5) is 0. The zero-order chi connectivity index (χ0) is 16.7. The zero-order valence-electron chi connectivity index (χ0n) is 13.2. The fourth-order valence-corrected chi connectivity index (χ4v) is 3.31. The smallest absolute Gasteiger partial charge is 0.205 e. The van der Waals surface area contributed by atoms with Gasteiger partial charge in [-0.15, -0.1) is 0 Å². The molecule has 1 aliphatic heterocycles. The first kappa shape index (κ1) is 14.3. The molecule has 0 amide bonds. The topological polar surface area (TPSA) is 62.9 Å². The Balaban J connectivity index is 2.02. The van der Waals surface area contributed by atoms with Crippen molar-refractivity contribution in [2.45, 2.75) is 5.92 Å². The molecule has 0 saturated carbocycles. The molecule has 1 aromatic heterocycles. The van der Waals surface area contributed by atoms with Crippen molar-refractivity contribution < 1.29 is 9.30 Å². The SMILES string of the molecule is C[n+]1cccc(C2C(C#N)=C(N)Oc3c2ccc2ccccc32)c1. The number of ether oxygens (including phenoxy) is 1. The van der Waals surface area contributed by atoms with Crippen LogP contribution in [0.5, 0.6) is 5.75 Å². The molecule has 1 atom stereocenters. The second-order valence-electron chi connectivity index (χ2n) is 5.93. The van der Waals surface area contributed by atoms with Gasteiger partial charge in [-0.05, 0) is 11.5 Å². The standard InChI is InChI=1S/C20H16N3O/c1-23-10-4-6-14(12-23)18-16-9-8-13-5-2-3-7-15(13)19(16)24-20(22)17(18)11-21/h2-10,12,18H,22H2,1H3/q+1. The summed E-state index contributed by atoms with van der Waals surface area (Å²) in [6, 6.07) is 18.3. The summed E-state index contributed by atoms with van der Waals surface area (Å²) in [6.45, 7) is 0. The lowest BCUT2D eigenvalue weighted by atomic mass is 9.83. The molecule has 0 saturated heterocycles. The van der Waals surface area contributed by atoms with Crippen molar-refractivity contribution in [1.82, 2.24) is 0 Å². The zero-order valence-corrected chi connectivity index (χ0v) is 13.2. The van der Waals surface area contributed by atoms with E-state index in [4.69, 9.17) is 10.5 Å². The molecule has 3 aromatic rings. The minimum atomic E-state index is -0.226. The average Bonchev–Trinajstić information content (AvgIpc) is 2.60. The molecule has 4 heteroatoms. The van der Waals surface area contributed by atoms with E-state index in [1.165, 1.54) is 0 Å². The number of hydrogen-bond donors (Lipinski definition) is 1. The molecule has 1 unspecified atom stereocenters. The van der Waals surface area contributed by atoms with E-state index in [1.54, 1.807) is 0 Å².